The van der Waals surface area contributed by atoms with Gasteiger partial charge in [0.25, 0.3) is 0 Å². The zero-order chi connectivity index (χ0) is 15.9. The summed E-state index contributed by atoms with van der Waals surface area (Å²) in [4.78, 5) is 1.48. The van der Waals surface area contributed by atoms with E-state index in [1.807, 2.05) is 18.2 Å². The van der Waals surface area contributed by atoms with E-state index in [9.17, 15) is 5.11 Å². The first-order valence-corrected chi connectivity index (χ1v) is 9.78. The number of benzene rings is 2. The van der Waals surface area contributed by atoms with Gasteiger partial charge in [0.2, 0.25) is 0 Å². The van der Waals surface area contributed by atoms with Crippen molar-refractivity contribution in [3.8, 4) is 5.75 Å². The van der Waals surface area contributed by atoms with Gasteiger partial charge in [0.1, 0.15) is 16.2 Å². The lowest BCUT2D eigenvalue weighted by Crippen LogP contribution is -2.30. The topological polar surface area (TPSA) is 20.2 Å². The van der Waals surface area contributed by atoms with E-state index in [1.165, 1.54) is 23.1 Å². The molecule has 2 unspecified atom stereocenters. The summed E-state index contributed by atoms with van der Waals surface area (Å²) in [5.41, 5.74) is 0. The molecule has 1 N–H and O–H groups in total. The van der Waals surface area contributed by atoms with Crippen molar-refractivity contribution in [3.63, 3.8) is 0 Å². The molecule has 1 heterocycles. The molecule has 0 aliphatic carbocycles. The van der Waals surface area contributed by atoms with Gasteiger partial charge in [-0.05, 0) is 18.2 Å². The van der Waals surface area contributed by atoms with Gasteiger partial charge in [-0.25, -0.2) is 0 Å². The quantitative estimate of drug-likeness (QED) is 0.755. The molecule has 0 bridgehead atoms. The van der Waals surface area contributed by atoms with Crippen LogP contribution in [0, 0.1) is 11.8 Å². The Morgan fingerprint density at radius 3 is 1.95 bits per heavy atom. The Balaban J connectivity index is 2.16. The zero-order valence-electron chi connectivity index (χ0n) is 14.0. The molecular weight excluding hydrogens is 288 g/mol. The van der Waals surface area contributed by atoms with Crippen LogP contribution in [0.3, 0.4) is 0 Å². The Kier molecular flexibility index (Phi) is 4.40. The van der Waals surface area contributed by atoms with Crippen molar-refractivity contribution in [2.24, 2.45) is 11.8 Å². The summed E-state index contributed by atoms with van der Waals surface area (Å²) < 4.78 is 0. The Morgan fingerprint density at radius 1 is 0.864 bits per heavy atom. The molecule has 0 amide bonds. The second-order valence-electron chi connectivity index (χ2n) is 7.14. The number of hydrogen-bond acceptors (Lipinski definition) is 1. The summed E-state index contributed by atoms with van der Waals surface area (Å²) in [5, 5.41) is 14.0. The van der Waals surface area contributed by atoms with Crippen molar-refractivity contribution in [2.75, 3.05) is 0 Å². The fraction of sp³-hybridized carbons (Fsp3) is 0.500. The summed E-state index contributed by atoms with van der Waals surface area (Å²) in [7, 11) is 0.280. The molecule has 1 aliphatic heterocycles. The molecule has 118 valence electrons. The lowest BCUT2D eigenvalue weighted by atomic mass is 10.0. The third-order valence-corrected chi connectivity index (χ3v) is 8.72. The van der Waals surface area contributed by atoms with E-state index >= 15 is 0 Å². The van der Waals surface area contributed by atoms with Gasteiger partial charge in [-0.2, -0.15) is 0 Å². The van der Waals surface area contributed by atoms with E-state index in [1.54, 1.807) is 0 Å². The normalized spacial score (nSPS) is 25.5. The Bertz CT molecular complexity index is 646. The molecule has 2 aromatic carbocycles. The van der Waals surface area contributed by atoms with Crippen molar-refractivity contribution in [1.29, 1.82) is 0 Å². The second-order valence-corrected chi connectivity index (χ2v) is 9.54. The maximum atomic E-state index is 10.2. The van der Waals surface area contributed by atoms with Crippen LogP contribution in [-0.4, -0.2) is 15.6 Å². The minimum Gasteiger partial charge on any atom is -0.507 e. The molecule has 22 heavy (non-hydrogen) atoms. The Morgan fingerprint density at radius 2 is 1.41 bits per heavy atom. The van der Waals surface area contributed by atoms with Gasteiger partial charge in [-0.15, -0.1) is 0 Å². The molecule has 0 spiro atoms. The highest BCUT2D eigenvalue weighted by Crippen LogP contribution is 2.44. The number of fused-ring (bicyclic) bond motifs is 1. The first kappa shape index (κ1) is 15.7. The van der Waals surface area contributed by atoms with Crippen molar-refractivity contribution >= 4 is 21.7 Å². The predicted molar refractivity (Wildman–Crippen MR) is 97.7 cm³/mol. The lowest BCUT2D eigenvalue weighted by molar-refractivity contribution is 0.481. The van der Waals surface area contributed by atoms with E-state index in [0.29, 0.717) is 5.75 Å². The number of aromatic hydroxyl groups is 1. The maximum Gasteiger partial charge on any atom is 0.163 e. The highest BCUT2D eigenvalue weighted by atomic mass is 32.2. The second kappa shape index (κ2) is 6.16. The first-order chi connectivity index (χ1) is 10.5. The average Bonchev–Trinajstić information content (AvgIpc) is 2.93. The van der Waals surface area contributed by atoms with Crippen LogP contribution in [0.25, 0.3) is 10.8 Å². The van der Waals surface area contributed by atoms with Crippen LogP contribution in [-0.2, 0) is 10.9 Å². The highest BCUT2D eigenvalue weighted by molar-refractivity contribution is 7.98. The van der Waals surface area contributed by atoms with Crippen molar-refractivity contribution in [2.45, 2.75) is 55.9 Å². The van der Waals surface area contributed by atoms with Gasteiger partial charge < -0.3 is 5.11 Å². The van der Waals surface area contributed by atoms with E-state index in [-0.39, 0.29) is 10.9 Å². The molecular formula is C20H27OS+. The van der Waals surface area contributed by atoms with Crippen LogP contribution in [0.1, 0.15) is 40.5 Å². The number of phenolic OH excluding ortho intramolecular Hbond substituents is 1. The Hall–Kier alpha value is -1.15. The predicted octanol–water partition coefficient (Wildman–Crippen LogP) is 5.37. The van der Waals surface area contributed by atoms with Crippen molar-refractivity contribution in [1.82, 2.24) is 0 Å². The largest absolute Gasteiger partial charge is 0.507 e. The molecule has 1 saturated heterocycles. The van der Waals surface area contributed by atoms with Gasteiger partial charge in [0.05, 0.1) is 0 Å². The minimum atomic E-state index is 0.280. The van der Waals surface area contributed by atoms with Crippen molar-refractivity contribution < 1.29 is 5.11 Å². The average molecular weight is 316 g/mol. The minimum absolute atomic E-state index is 0.280. The third kappa shape index (κ3) is 2.62. The maximum absolute atomic E-state index is 10.2. The summed E-state index contributed by atoms with van der Waals surface area (Å²) in [6, 6.07) is 12.4. The van der Waals surface area contributed by atoms with Crippen LogP contribution >= 0.6 is 0 Å². The monoisotopic (exact) mass is 315 g/mol. The van der Waals surface area contributed by atoms with E-state index in [0.717, 1.165) is 27.7 Å². The SMILES string of the molecule is CC(C)C1CCC(C(C)C)[S+]1c1ccc(O)c2ccccc12. The molecule has 0 saturated carbocycles. The molecule has 2 aromatic rings. The molecule has 3 rings (SSSR count). The van der Waals surface area contributed by atoms with Gasteiger partial charge in [-0.1, -0.05) is 45.9 Å². The van der Waals surface area contributed by atoms with Crippen LogP contribution in [0.4, 0.5) is 0 Å². The fourth-order valence-corrected chi connectivity index (χ4v) is 7.56. The smallest absolute Gasteiger partial charge is 0.163 e. The van der Waals surface area contributed by atoms with Crippen LogP contribution in [0.2, 0.25) is 0 Å². The van der Waals surface area contributed by atoms with Crippen molar-refractivity contribution in [3.05, 3.63) is 36.4 Å². The molecule has 1 fully saturated rings. The first-order valence-electron chi connectivity index (χ1n) is 8.43. The lowest BCUT2D eigenvalue weighted by Gasteiger charge is -2.22. The van der Waals surface area contributed by atoms with Gasteiger partial charge in [0.15, 0.2) is 4.90 Å². The summed E-state index contributed by atoms with van der Waals surface area (Å²) in [5.74, 6) is 1.85. The van der Waals surface area contributed by atoms with Gasteiger partial charge in [0, 0.05) is 46.3 Å². The molecule has 1 aliphatic rings. The zero-order valence-corrected chi connectivity index (χ0v) is 14.9. The molecule has 0 radical (unpaired) electrons. The van der Waals surface area contributed by atoms with E-state index in [4.69, 9.17) is 0 Å². The summed E-state index contributed by atoms with van der Waals surface area (Å²) >= 11 is 0. The van der Waals surface area contributed by atoms with Crippen LogP contribution in [0.15, 0.2) is 41.3 Å². The number of rotatable bonds is 3. The van der Waals surface area contributed by atoms with Crippen LogP contribution < -0.4 is 0 Å². The number of phenols is 1. The summed E-state index contributed by atoms with van der Waals surface area (Å²) in [6.07, 6.45) is 2.69. The molecule has 2 heteroatoms. The number of hydrogen-bond donors (Lipinski definition) is 1. The van der Waals surface area contributed by atoms with E-state index < -0.39 is 0 Å². The highest BCUT2D eigenvalue weighted by Gasteiger charge is 2.49. The standard InChI is InChI=1S/C20H26OS/c1-13(2)18-11-12-19(14(3)4)22(18)20-10-9-17(21)15-7-5-6-8-16(15)20/h5-10,13-14,18-19H,11-12H2,1-4H3/p+1. The summed E-state index contributed by atoms with van der Waals surface area (Å²) in [6.45, 7) is 9.48. The molecule has 1 nitrogen and oxygen atoms in total. The third-order valence-electron chi connectivity index (χ3n) is 4.99. The molecule has 0 aromatic heterocycles. The van der Waals surface area contributed by atoms with Gasteiger partial charge in [-0.3, -0.25) is 0 Å². The van der Waals surface area contributed by atoms with Gasteiger partial charge >= 0.3 is 0 Å². The Labute approximate surface area is 137 Å². The van der Waals surface area contributed by atoms with E-state index in [2.05, 4.69) is 45.9 Å². The molecule has 2 atom stereocenters. The van der Waals surface area contributed by atoms with Crippen LogP contribution in [0.5, 0.6) is 5.75 Å². The fourth-order valence-electron chi connectivity index (χ4n) is 3.85.